The molecule has 8 heteroatoms. The van der Waals surface area contributed by atoms with Gasteiger partial charge in [0.2, 0.25) is 0 Å². The molecule has 7 rings (SSSR count). The number of Topliss-reactive ketones (excluding diaryl/α,β-unsaturated/α-hetero) is 1. The number of hydrogen-bond donors (Lipinski definition) is 1. The van der Waals surface area contributed by atoms with Crippen LogP contribution in [-0.2, 0) is 19.1 Å². The van der Waals surface area contributed by atoms with Gasteiger partial charge in [0.1, 0.15) is 0 Å². The average molecular weight is 582 g/mol. The third-order valence-corrected chi connectivity index (χ3v) is 12.8. The van der Waals surface area contributed by atoms with E-state index in [4.69, 9.17) is 9.47 Å². The highest BCUT2D eigenvalue weighted by molar-refractivity contribution is 7.99. The molecule has 0 bridgehead atoms. The summed E-state index contributed by atoms with van der Waals surface area (Å²) in [6.45, 7) is 3.87. The summed E-state index contributed by atoms with van der Waals surface area (Å²) in [5.74, 6) is -0.462. The number of allylic oxidation sites excluding steroid dienone is 4. The second-order valence-electron chi connectivity index (χ2n) is 13.6. The summed E-state index contributed by atoms with van der Waals surface area (Å²) >= 11 is 1.39. The van der Waals surface area contributed by atoms with Crippen molar-refractivity contribution in [2.24, 2.45) is 28.6 Å². The smallest absolute Gasteiger partial charge is 0.178 e. The summed E-state index contributed by atoms with van der Waals surface area (Å²) in [6, 6.07) is 5.64. The Balaban J connectivity index is 1.26. The molecule has 0 amide bonds. The van der Waals surface area contributed by atoms with Gasteiger partial charge in [0.25, 0.3) is 0 Å². The molecule has 1 N–H and O–H groups in total. The lowest BCUT2D eigenvalue weighted by molar-refractivity contribution is -0.234. The monoisotopic (exact) mass is 581 g/mol. The molecule has 1 saturated heterocycles. The van der Waals surface area contributed by atoms with E-state index in [1.54, 1.807) is 18.3 Å². The van der Waals surface area contributed by atoms with E-state index in [-0.39, 0.29) is 35.6 Å². The normalized spacial score (nSPS) is 45.4. The van der Waals surface area contributed by atoms with Crippen LogP contribution in [-0.4, -0.2) is 57.2 Å². The van der Waals surface area contributed by atoms with Crippen molar-refractivity contribution in [3.05, 3.63) is 48.2 Å². The molecule has 1 aliphatic heterocycles. The van der Waals surface area contributed by atoms with Crippen LogP contribution in [0.4, 0.5) is 4.39 Å². The van der Waals surface area contributed by atoms with Gasteiger partial charge in [-0.15, -0.1) is 0 Å². The molecule has 4 saturated carbocycles. The number of ketones is 2. The van der Waals surface area contributed by atoms with Crippen LogP contribution in [0.3, 0.4) is 0 Å². The molecule has 5 fully saturated rings. The van der Waals surface area contributed by atoms with Crippen molar-refractivity contribution in [1.29, 1.82) is 0 Å². The highest BCUT2D eigenvalue weighted by Crippen LogP contribution is 2.72. The Kier molecular flexibility index (Phi) is 6.70. The second kappa shape index (κ2) is 9.83. The van der Waals surface area contributed by atoms with Crippen molar-refractivity contribution >= 4 is 23.3 Å². The van der Waals surface area contributed by atoms with Crippen LogP contribution in [0.5, 0.6) is 0 Å². The minimum atomic E-state index is -1.95. The summed E-state index contributed by atoms with van der Waals surface area (Å²) < 4.78 is 31.3. The lowest BCUT2D eigenvalue weighted by Crippen LogP contribution is -2.69. The van der Waals surface area contributed by atoms with Gasteiger partial charge in [-0.25, -0.2) is 9.37 Å². The van der Waals surface area contributed by atoms with E-state index in [1.807, 2.05) is 32.0 Å². The number of thioether (sulfide) groups is 1. The number of pyridine rings is 1. The summed E-state index contributed by atoms with van der Waals surface area (Å²) in [4.78, 5) is 31.1. The number of halogens is 1. The molecule has 0 spiro atoms. The zero-order valence-electron chi connectivity index (χ0n) is 23.9. The van der Waals surface area contributed by atoms with Gasteiger partial charge in [-0.2, -0.15) is 0 Å². The van der Waals surface area contributed by atoms with E-state index < -0.39 is 46.5 Å². The average Bonchev–Trinajstić information content (AvgIpc) is 3.47. The lowest BCUT2D eigenvalue weighted by atomic mass is 9.44. The van der Waals surface area contributed by atoms with Gasteiger partial charge in [-0.1, -0.05) is 55.7 Å². The Morgan fingerprint density at radius 1 is 1.17 bits per heavy atom. The number of aliphatic hydroxyl groups is 1. The van der Waals surface area contributed by atoms with Crippen LogP contribution in [0.2, 0.25) is 0 Å². The van der Waals surface area contributed by atoms with Gasteiger partial charge >= 0.3 is 0 Å². The van der Waals surface area contributed by atoms with Crippen molar-refractivity contribution in [2.45, 2.75) is 106 Å². The van der Waals surface area contributed by atoms with E-state index in [9.17, 15) is 14.7 Å². The number of fused-ring (bicyclic) bond motifs is 7. The molecule has 0 aromatic carbocycles. The number of alkyl halides is 1. The van der Waals surface area contributed by atoms with E-state index in [1.165, 1.54) is 24.3 Å². The highest BCUT2D eigenvalue weighted by atomic mass is 32.2. The van der Waals surface area contributed by atoms with Crippen LogP contribution >= 0.6 is 11.8 Å². The molecule has 6 nitrogen and oxygen atoms in total. The van der Waals surface area contributed by atoms with Crippen LogP contribution in [0, 0.1) is 28.6 Å². The third-order valence-electron chi connectivity index (χ3n) is 11.8. The maximum atomic E-state index is 17.7. The number of hydrogen-bond acceptors (Lipinski definition) is 7. The van der Waals surface area contributed by atoms with Crippen molar-refractivity contribution < 1.29 is 28.6 Å². The van der Waals surface area contributed by atoms with Gasteiger partial charge < -0.3 is 14.6 Å². The van der Waals surface area contributed by atoms with Crippen LogP contribution < -0.4 is 0 Å². The molecule has 2 heterocycles. The molecule has 1 aromatic heterocycles. The van der Waals surface area contributed by atoms with E-state index in [0.717, 1.165) is 36.3 Å². The van der Waals surface area contributed by atoms with Gasteiger partial charge in [0.15, 0.2) is 29.1 Å². The first-order valence-electron chi connectivity index (χ1n) is 15.3. The highest BCUT2D eigenvalue weighted by Gasteiger charge is 2.79. The van der Waals surface area contributed by atoms with Gasteiger partial charge in [-0.05, 0) is 75.7 Å². The summed E-state index contributed by atoms with van der Waals surface area (Å²) in [6.07, 6.45) is 11.4. The van der Waals surface area contributed by atoms with E-state index >= 15 is 4.39 Å². The van der Waals surface area contributed by atoms with Crippen molar-refractivity contribution in [3.63, 3.8) is 0 Å². The van der Waals surface area contributed by atoms with Crippen molar-refractivity contribution in [2.75, 3.05) is 5.75 Å². The fourth-order valence-corrected chi connectivity index (χ4v) is 10.6. The molecular weight excluding hydrogens is 541 g/mol. The van der Waals surface area contributed by atoms with Gasteiger partial charge in [0.05, 0.1) is 23.0 Å². The Hall–Kier alpha value is -1.87. The number of aromatic nitrogens is 1. The fourth-order valence-electron chi connectivity index (χ4n) is 9.78. The molecule has 1 unspecified atom stereocenters. The molecule has 6 aliphatic rings. The predicted octanol–water partition coefficient (Wildman–Crippen LogP) is 5.78. The number of ether oxygens (including phenoxy) is 2. The van der Waals surface area contributed by atoms with Crippen molar-refractivity contribution in [3.8, 4) is 0 Å². The fraction of sp³-hybridized carbons (Fsp3) is 0.667. The quantitative estimate of drug-likeness (QED) is 0.441. The predicted molar refractivity (Wildman–Crippen MR) is 153 cm³/mol. The largest absolute Gasteiger partial charge is 0.390 e. The minimum Gasteiger partial charge on any atom is -0.390 e. The molecule has 9 atom stereocenters. The number of carbonyl (C=O) groups excluding carboxylic acids is 2. The van der Waals surface area contributed by atoms with Crippen LogP contribution in [0.15, 0.2) is 53.2 Å². The number of aliphatic hydroxyl groups excluding tert-OH is 1. The molecule has 220 valence electrons. The number of rotatable bonds is 5. The molecule has 41 heavy (non-hydrogen) atoms. The molecule has 1 aromatic rings. The van der Waals surface area contributed by atoms with Crippen molar-refractivity contribution in [1.82, 2.24) is 4.98 Å². The first kappa shape index (κ1) is 27.9. The standard InChI is InChI=1S/C33H40FNO5S/c1-30-14-13-22(36)16-21(30)11-12-23-24-17-27-33(31(24,2)18-25(37)32(23,30)34,26(38)19-41-28-10-6-7-15-35-28)40-29(39-27)20-8-4-3-5-9-20/h6-7,10,13-16,20,23-25,27,29,37H,3-5,8-9,11-12,17-19H2,1-2H3/t23-,24-,25-,27-,29?,30-,31-,32-,33+/m0/s1. The zero-order chi connectivity index (χ0) is 28.6. The van der Waals surface area contributed by atoms with Gasteiger partial charge in [0, 0.05) is 28.9 Å². The summed E-state index contributed by atoms with van der Waals surface area (Å²) in [7, 11) is 0. The Labute approximate surface area is 245 Å². The molecule has 0 radical (unpaired) electrons. The minimum absolute atomic E-state index is 0.0502. The maximum absolute atomic E-state index is 17.7. The van der Waals surface area contributed by atoms with Crippen LogP contribution in [0.1, 0.15) is 71.6 Å². The summed E-state index contributed by atoms with van der Waals surface area (Å²) in [5.41, 5.74) is -4.31. The van der Waals surface area contributed by atoms with Gasteiger partial charge in [-0.3, -0.25) is 9.59 Å². The zero-order valence-corrected chi connectivity index (χ0v) is 24.7. The number of carbonyl (C=O) groups is 2. The van der Waals surface area contributed by atoms with E-state index in [2.05, 4.69) is 4.98 Å². The summed E-state index contributed by atoms with van der Waals surface area (Å²) in [5, 5.41) is 12.6. The van der Waals surface area contributed by atoms with E-state index in [0.29, 0.717) is 19.3 Å². The Bertz CT molecular complexity index is 1300. The first-order valence-corrected chi connectivity index (χ1v) is 16.3. The second-order valence-corrected chi connectivity index (χ2v) is 14.6. The molecule has 5 aliphatic carbocycles. The Morgan fingerprint density at radius 3 is 2.73 bits per heavy atom. The molecular formula is C33H40FNO5S. The topological polar surface area (TPSA) is 85.7 Å². The third kappa shape index (κ3) is 3.82. The maximum Gasteiger partial charge on any atom is 0.178 e. The number of nitrogens with zero attached hydrogens (tertiary/aromatic N) is 1. The van der Waals surface area contributed by atoms with Crippen LogP contribution in [0.25, 0.3) is 0 Å². The first-order chi connectivity index (χ1) is 19.6. The lowest BCUT2D eigenvalue weighted by Gasteiger charge is -2.62. The SMILES string of the molecule is C[C@]12C=CC(=O)C=C1CC[C@H]1[C@@H]3C[C@@H]4OC(C5CCCCC5)O[C@@]4(C(=O)CSc4ccccn4)[C@@]3(C)C[C@H](O)[C@@]12F. The Morgan fingerprint density at radius 2 is 1.98 bits per heavy atom.